The van der Waals surface area contributed by atoms with Gasteiger partial charge in [-0.2, -0.15) is 0 Å². The van der Waals surface area contributed by atoms with E-state index in [2.05, 4.69) is 0 Å². The zero-order valence-electron chi connectivity index (χ0n) is 11.1. The highest BCUT2D eigenvalue weighted by Crippen LogP contribution is 2.43. The first-order chi connectivity index (χ1) is 8.62. The van der Waals surface area contributed by atoms with E-state index in [4.69, 9.17) is 15.2 Å². The third-order valence-electron chi connectivity index (χ3n) is 5.19. The van der Waals surface area contributed by atoms with Crippen LogP contribution in [0.3, 0.4) is 0 Å². The number of nitrogens with two attached hydrogens (primary N) is 1. The lowest BCUT2D eigenvalue weighted by atomic mass is 9.71. The minimum absolute atomic E-state index is 0.0819. The quantitative estimate of drug-likeness (QED) is 0.803. The zero-order valence-corrected chi connectivity index (χ0v) is 11.1. The van der Waals surface area contributed by atoms with Crippen molar-refractivity contribution in [1.82, 2.24) is 0 Å². The van der Waals surface area contributed by atoms with Crippen molar-refractivity contribution in [3.05, 3.63) is 0 Å². The van der Waals surface area contributed by atoms with Gasteiger partial charge >= 0.3 is 0 Å². The first-order valence-electron chi connectivity index (χ1n) is 7.38. The average molecular weight is 255 g/mol. The largest absolute Gasteiger partial charge is 0.388 e. The van der Waals surface area contributed by atoms with Crippen LogP contribution in [0.2, 0.25) is 0 Å². The van der Waals surface area contributed by atoms with Crippen LogP contribution in [0.25, 0.3) is 0 Å². The van der Waals surface area contributed by atoms with Gasteiger partial charge in [0.1, 0.15) is 0 Å². The number of hydrogen-bond acceptors (Lipinski definition) is 4. The van der Waals surface area contributed by atoms with Gasteiger partial charge in [0.25, 0.3) is 0 Å². The number of ether oxygens (including phenoxy) is 2. The molecule has 4 nitrogen and oxygen atoms in total. The molecule has 1 spiro atoms. The molecule has 0 aromatic rings. The van der Waals surface area contributed by atoms with Gasteiger partial charge in [-0.05, 0) is 25.2 Å². The fourth-order valence-electron chi connectivity index (χ4n) is 3.53. The van der Waals surface area contributed by atoms with Crippen LogP contribution in [-0.2, 0) is 9.47 Å². The average Bonchev–Trinajstić information content (AvgIpc) is 2.77. The third-order valence-corrected chi connectivity index (χ3v) is 5.19. The van der Waals surface area contributed by atoms with Gasteiger partial charge < -0.3 is 20.3 Å². The summed E-state index contributed by atoms with van der Waals surface area (Å²) in [7, 11) is 0. The second kappa shape index (κ2) is 4.75. The highest BCUT2D eigenvalue weighted by atomic mass is 16.7. The summed E-state index contributed by atoms with van der Waals surface area (Å²) in [6.45, 7) is 1.37. The zero-order chi connectivity index (χ0) is 12.6. The van der Waals surface area contributed by atoms with E-state index >= 15 is 0 Å². The Balaban J connectivity index is 1.55. The molecule has 1 atom stereocenters. The Bertz CT molecular complexity index is 287. The van der Waals surface area contributed by atoms with E-state index in [1.807, 2.05) is 0 Å². The van der Waals surface area contributed by atoms with E-state index < -0.39 is 11.4 Å². The standard InChI is InChI=1S/C14H25NO3/c15-12(10-11-2-1-3-11)13(16)4-6-14(7-5-13)17-8-9-18-14/h11-12,16H,1-10,15H2. The summed E-state index contributed by atoms with van der Waals surface area (Å²) in [5, 5.41) is 10.7. The second-order valence-electron chi connectivity index (χ2n) is 6.35. The summed E-state index contributed by atoms with van der Waals surface area (Å²) >= 11 is 0. The van der Waals surface area contributed by atoms with Crippen LogP contribution in [0.5, 0.6) is 0 Å². The Morgan fingerprint density at radius 1 is 1.11 bits per heavy atom. The monoisotopic (exact) mass is 255 g/mol. The molecule has 3 aliphatic rings. The van der Waals surface area contributed by atoms with Crippen molar-refractivity contribution < 1.29 is 14.6 Å². The molecule has 104 valence electrons. The molecule has 0 radical (unpaired) electrons. The summed E-state index contributed by atoms with van der Waals surface area (Å²) < 4.78 is 11.4. The molecule has 1 saturated heterocycles. The van der Waals surface area contributed by atoms with Crippen molar-refractivity contribution in [2.24, 2.45) is 11.7 Å². The molecule has 0 aromatic carbocycles. The third kappa shape index (κ3) is 2.31. The van der Waals surface area contributed by atoms with Gasteiger partial charge in [-0.15, -0.1) is 0 Å². The minimum atomic E-state index is -0.698. The van der Waals surface area contributed by atoms with Gasteiger partial charge in [0.2, 0.25) is 0 Å². The molecule has 3 fully saturated rings. The summed E-state index contributed by atoms with van der Waals surface area (Å²) in [4.78, 5) is 0. The van der Waals surface area contributed by atoms with E-state index in [9.17, 15) is 5.11 Å². The first-order valence-corrected chi connectivity index (χ1v) is 7.38. The van der Waals surface area contributed by atoms with Crippen molar-refractivity contribution in [2.75, 3.05) is 13.2 Å². The fraction of sp³-hybridized carbons (Fsp3) is 1.00. The minimum Gasteiger partial charge on any atom is -0.388 e. The van der Waals surface area contributed by atoms with E-state index in [-0.39, 0.29) is 6.04 Å². The molecule has 2 saturated carbocycles. The molecule has 0 bridgehead atoms. The lowest BCUT2D eigenvalue weighted by molar-refractivity contribution is -0.206. The maximum atomic E-state index is 10.7. The molecule has 3 N–H and O–H groups in total. The Morgan fingerprint density at radius 2 is 1.72 bits per heavy atom. The number of aliphatic hydroxyl groups is 1. The molecule has 3 rings (SSSR count). The predicted octanol–water partition coefficient (Wildman–Crippen LogP) is 1.55. The van der Waals surface area contributed by atoms with Crippen LogP contribution in [0.4, 0.5) is 0 Å². The highest BCUT2D eigenvalue weighted by molar-refractivity contribution is 4.98. The van der Waals surface area contributed by atoms with Gasteiger partial charge in [-0.25, -0.2) is 0 Å². The molecular formula is C14H25NO3. The van der Waals surface area contributed by atoms with Gasteiger partial charge in [-0.3, -0.25) is 0 Å². The fourth-order valence-corrected chi connectivity index (χ4v) is 3.53. The van der Waals surface area contributed by atoms with Crippen LogP contribution in [-0.4, -0.2) is 35.8 Å². The van der Waals surface area contributed by atoms with Crippen molar-refractivity contribution in [2.45, 2.75) is 68.8 Å². The molecule has 4 heteroatoms. The summed E-state index contributed by atoms with van der Waals surface area (Å²) in [5.41, 5.74) is 5.55. The predicted molar refractivity (Wildman–Crippen MR) is 68.0 cm³/mol. The SMILES string of the molecule is NC(CC1CCC1)C1(O)CCC2(CC1)OCCO2. The maximum absolute atomic E-state index is 10.7. The van der Waals surface area contributed by atoms with Crippen LogP contribution in [0, 0.1) is 5.92 Å². The lowest BCUT2D eigenvalue weighted by Gasteiger charge is -2.44. The highest BCUT2D eigenvalue weighted by Gasteiger charge is 2.48. The molecule has 0 amide bonds. The molecule has 18 heavy (non-hydrogen) atoms. The van der Waals surface area contributed by atoms with Gasteiger partial charge in [-0.1, -0.05) is 19.3 Å². The van der Waals surface area contributed by atoms with Crippen LogP contribution in [0.15, 0.2) is 0 Å². The first kappa shape index (κ1) is 12.9. The molecule has 0 aromatic heterocycles. The van der Waals surface area contributed by atoms with Gasteiger partial charge in [0, 0.05) is 18.9 Å². The van der Waals surface area contributed by atoms with Crippen molar-refractivity contribution in [3.63, 3.8) is 0 Å². The van der Waals surface area contributed by atoms with Crippen molar-refractivity contribution in [1.29, 1.82) is 0 Å². The summed E-state index contributed by atoms with van der Waals surface area (Å²) in [6, 6.07) is -0.0819. The van der Waals surface area contributed by atoms with E-state index in [0.29, 0.717) is 26.1 Å². The summed E-state index contributed by atoms with van der Waals surface area (Å²) in [5.74, 6) is 0.349. The molecule has 1 unspecified atom stereocenters. The molecule has 2 aliphatic carbocycles. The molecular weight excluding hydrogens is 230 g/mol. The smallest absolute Gasteiger partial charge is 0.168 e. The lowest BCUT2D eigenvalue weighted by Crippen LogP contribution is -2.54. The Hall–Kier alpha value is -0.160. The normalized spacial score (nSPS) is 32.3. The van der Waals surface area contributed by atoms with E-state index in [1.165, 1.54) is 19.3 Å². The van der Waals surface area contributed by atoms with Gasteiger partial charge in [0.05, 0.1) is 18.8 Å². The van der Waals surface area contributed by atoms with Gasteiger partial charge in [0.15, 0.2) is 5.79 Å². The van der Waals surface area contributed by atoms with Crippen LogP contribution >= 0.6 is 0 Å². The maximum Gasteiger partial charge on any atom is 0.168 e. The van der Waals surface area contributed by atoms with E-state index in [0.717, 1.165) is 25.2 Å². The van der Waals surface area contributed by atoms with Crippen molar-refractivity contribution >= 4 is 0 Å². The van der Waals surface area contributed by atoms with E-state index in [1.54, 1.807) is 0 Å². The van der Waals surface area contributed by atoms with Crippen LogP contribution < -0.4 is 5.73 Å². The van der Waals surface area contributed by atoms with Crippen molar-refractivity contribution in [3.8, 4) is 0 Å². The molecule has 1 heterocycles. The molecule has 1 aliphatic heterocycles. The Morgan fingerprint density at radius 3 is 2.22 bits per heavy atom. The van der Waals surface area contributed by atoms with Crippen LogP contribution in [0.1, 0.15) is 51.4 Å². The topological polar surface area (TPSA) is 64.7 Å². The second-order valence-corrected chi connectivity index (χ2v) is 6.35. The Labute approximate surface area is 109 Å². The number of hydrogen-bond donors (Lipinski definition) is 2. The Kier molecular flexibility index (Phi) is 3.39. The summed E-state index contributed by atoms with van der Waals surface area (Å²) in [6.07, 6.45) is 7.87. The number of rotatable bonds is 3.